The van der Waals surface area contributed by atoms with Gasteiger partial charge in [-0.3, -0.25) is 13.9 Å². The predicted molar refractivity (Wildman–Crippen MR) is 157 cm³/mol. The molecule has 0 aliphatic heterocycles. The number of nitrogens with one attached hydrogen (secondary N) is 1. The van der Waals surface area contributed by atoms with Gasteiger partial charge in [0.15, 0.2) is 0 Å². The molecule has 0 heterocycles. The highest BCUT2D eigenvalue weighted by molar-refractivity contribution is 7.92. The zero-order valence-electron chi connectivity index (χ0n) is 23.1. The first kappa shape index (κ1) is 31.1. The molecule has 1 unspecified atom stereocenters. The summed E-state index contributed by atoms with van der Waals surface area (Å²) < 4.78 is 40.3. The molecule has 40 heavy (non-hydrogen) atoms. The van der Waals surface area contributed by atoms with Gasteiger partial charge in [0, 0.05) is 19.5 Å². The van der Waals surface area contributed by atoms with Gasteiger partial charge < -0.3 is 10.2 Å². The molecule has 3 rings (SSSR count). The van der Waals surface area contributed by atoms with Gasteiger partial charge in [0.05, 0.1) is 17.0 Å². The summed E-state index contributed by atoms with van der Waals surface area (Å²) in [7, 11) is -3.98. The van der Waals surface area contributed by atoms with Crippen LogP contribution in [0.4, 0.5) is 10.1 Å². The first-order valence-electron chi connectivity index (χ1n) is 12.9. The quantitative estimate of drug-likeness (QED) is 0.324. The molecule has 0 aromatic heterocycles. The van der Waals surface area contributed by atoms with Crippen LogP contribution < -0.4 is 9.62 Å². The summed E-state index contributed by atoms with van der Waals surface area (Å²) in [6, 6.07) is 19.4. The van der Waals surface area contributed by atoms with Crippen LogP contribution in [0.1, 0.15) is 30.5 Å². The van der Waals surface area contributed by atoms with E-state index in [0.717, 1.165) is 39.4 Å². The number of carbonyl (C=O) groups is 2. The number of hydrogen-bond donors (Lipinski definition) is 1. The van der Waals surface area contributed by atoms with E-state index in [4.69, 9.17) is 11.6 Å². The number of sulfonamides is 1. The Labute approximate surface area is 241 Å². The average Bonchev–Trinajstić information content (AvgIpc) is 2.89. The largest absolute Gasteiger partial charge is 0.354 e. The van der Waals surface area contributed by atoms with E-state index in [0.29, 0.717) is 6.54 Å². The number of aryl methyl sites for hydroxylation is 1. The average molecular weight is 588 g/mol. The molecule has 0 bridgehead atoms. The van der Waals surface area contributed by atoms with E-state index in [1.54, 1.807) is 0 Å². The van der Waals surface area contributed by atoms with Crippen LogP contribution in [-0.4, -0.2) is 50.5 Å². The van der Waals surface area contributed by atoms with Crippen molar-refractivity contribution in [3.8, 4) is 0 Å². The SMILES string of the molecule is Cc1cccc(CN(C(=O)CN(c2ccc(F)c(Cl)c2)S(C)(=O)=O)C(Cc2ccccc2)C(=O)NCC(C)C)c1. The molecule has 2 amide bonds. The lowest BCUT2D eigenvalue weighted by Crippen LogP contribution is -2.53. The molecule has 3 aromatic rings. The van der Waals surface area contributed by atoms with Gasteiger partial charge in [-0.05, 0) is 42.2 Å². The normalized spacial score (nSPS) is 12.2. The minimum atomic E-state index is -3.98. The van der Waals surface area contributed by atoms with Gasteiger partial charge in [0.2, 0.25) is 21.8 Å². The first-order chi connectivity index (χ1) is 18.8. The number of halogens is 2. The molecule has 10 heteroatoms. The number of carbonyl (C=O) groups excluding carboxylic acids is 2. The molecule has 0 saturated carbocycles. The van der Waals surface area contributed by atoms with Crippen molar-refractivity contribution in [1.29, 1.82) is 0 Å². The van der Waals surface area contributed by atoms with E-state index >= 15 is 0 Å². The highest BCUT2D eigenvalue weighted by atomic mass is 35.5. The molecule has 0 aliphatic rings. The fourth-order valence-electron chi connectivity index (χ4n) is 4.24. The van der Waals surface area contributed by atoms with Crippen LogP contribution in [-0.2, 0) is 32.6 Å². The molecule has 1 atom stereocenters. The monoisotopic (exact) mass is 587 g/mol. The topological polar surface area (TPSA) is 86.8 Å². The highest BCUT2D eigenvalue weighted by Gasteiger charge is 2.33. The maximum Gasteiger partial charge on any atom is 0.244 e. The molecule has 0 spiro atoms. The smallest absolute Gasteiger partial charge is 0.244 e. The summed E-state index contributed by atoms with van der Waals surface area (Å²) >= 11 is 5.93. The molecule has 0 fully saturated rings. The van der Waals surface area contributed by atoms with Crippen molar-refractivity contribution in [1.82, 2.24) is 10.2 Å². The van der Waals surface area contributed by atoms with Crippen LogP contribution >= 0.6 is 11.6 Å². The van der Waals surface area contributed by atoms with Gasteiger partial charge in [0.1, 0.15) is 18.4 Å². The van der Waals surface area contributed by atoms with E-state index in [2.05, 4.69) is 5.32 Å². The summed E-state index contributed by atoms with van der Waals surface area (Å²) in [6.07, 6.45) is 1.18. The Bertz CT molecular complexity index is 1430. The lowest BCUT2D eigenvalue weighted by atomic mass is 10.0. The molecule has 0 aliphatic carbocycles. The minimum absolute atomic E-state index is 0.0432. The summed E-state index contributed by atoms with van der Waals surface area (Å²) in [5.41, 5.74) is 2.66. The minimum Gasteiger partial charge on any atom is -0.354 e. The Kier molecular flexibility index (Phi) is 10.7. The van der Waals surface area contributed by atoms with Crippen molar-refractivity contribution in [3.63, 3.8) is 0 Å². The zero-order valence-corrected chi connectivity index (χ0v) is 24.7. The van der Waals surface area contributed by atoms with Crippen molar-refractivity contribution >= 4 is 39.1 Å². The lowest BCUT2D eigenvalue weighted by molar-refractivity contribution is -0.140. The van der Waals surface area contributed by atoms with Crippen molar-refractivity contribution < 1.29 is 22.4 Å². The third-order valence-electron chi connectivity index (χ3n) is 6.26. The van der Waals surface area contributed by atoms with Crippen LogP contribution in [0.2, 0.25) is 5.02 Å². The van der Waals surface area contributed by atoms with Gasteiger partial charge in [-0.2, -0.15) is 0 Å². The second-order valence-electron chi connectivity index (χ2n) is 10.2. The van der Waals surface area contributed by atoms with Gasteiger partial charge >= 0.3 is 0 Å². The summed E-state index contributed by atoms with van der Waals surface area (Å²) in [4.78, 5) is 29.0. The second kappa shape index (κ2) is 13.8. The van der Waals surface area contributed by atoms with Crippen molar-refractivity contribution in [2.75, 3.05) is 23.7 Å². The van der Waals surface area contributed by atoms with E-state index in [9.17, 15) is 22.4 Å². The van der Waals surface area contributed by atoms with Gasteiger partial charge in [-0.25, -0.2) is 12.8 Å². The van der Waals surface area contributed by atoms with Crippen molar-refractivity contribution in [2.24, 2.45) is 5.92 Å². The van der Waals surface area contributed by atoms with Crippen LogP contribution in [0.25, 0.3) is 0 Å². The number of anilines is 1. The Morgan fingerprint density at radius 3 is 2.25 bits per heavy atom. The van der Waals surface area contributed by atoms with Crippen LogP contribution in [0.3, 0.4) is 0 Å². The Hall–Kier alpha value is -3.43. The van der Waals surface area contributed by atoms with Crippen LogP contribution in [0, 0.1) is 18.7 Å². The molecular weight excluding hydrogens is 553 g/mol. The molecule has 0 saturated heterocycles. The number of amides is 2. The third kappa shape index (κ3) is 8.79. The summed E-state index contributed by atoms with van der Waals surface area (Å²) in [6.45, 7) is 5.76. The lowest BCUT2D eigenvalue weighted by Gasteiger charge is -2.33. The zero-order chi connectivity index (χ0) is 29.4. The Balaban J connectivity index is 2.06. The Morgan fingerprint density at radius 2 is 1.65 bits per heavy atom. The fraction of sp³-hybridized carbons (Fsp3) is 0.333. The van der Waals surface area contributed by atoms with E-state index < -0.39 is 34.3 Å². The summed E-state index contributed by atoms with van der Waals surface area (Å²) in [5.74, 6) is -1.45. The third-order valence-corrected chi connectivity index (χ3v) is 7.69. The second-order valence-corrected chi connectivity index (χ2v) is 12.5. The van der Waals surface area contributed by atoms with Gasteiger partial charge in [-0.1, -0.05) is 85.6 Å². The van der Waals surface area contributed by atoms with E-state index in [1.807, 2.05) is 75.4 Å². The van der Waals surface area contributed by atoms with Gasteiger partial charge in [0.25, 0.3) is 0 Å². The molecule has 0 radical (unpaired) electrons. The summed E-state index contributed by atoms with van der Waals surface area (Å²) in [5, 5.41) is 2.67. The van der Waals surface area contributed by atoms with Crippen LogP contribution in [0.5, 0.6) is 0 Å². The number of benzene rings is 3. The number of rotatable bonds is 12. The molecule has 7 nitrogen and oxygen atoms in total. The Morgan fingerprint density at radius 1 is 0.975 bits per heavy atom. The standard InChI is InChI=1S/C30H35ClFN3O4S/c1-21(2)18-33-30(37)28(16-23-10-6-5-7-11-23)34(19-24-12-8-9-22(3)15-24)29(36)20-35(40(4,38)39)25-13-14-27(32)26(31)17-25/h5-15,17,21,28H,16,18-20H2,1-4H3,(H,33,37). The molecular formula is C30H35ClFN3O4S. The van der Waals surface area contributed by atoms with E-state index in [-0.39, 0.29) is 35.5 Å². The maximum atomic E-state index is 14.0. The van der Waals surface area contributed by atoms with Crippen molar-refractivity contribution in [2.45, 2.75) is 39.8 Å². The first-order valence-corrected chi connectivity index (χ1v) is 15.2. The number of nitrogens with zero attached hydrogens (tertiary/aromatic N) is 2. The van der Waals surface area contributed by atoms with Crippen molar-refractivity contribution in [3.05, 3.63) is 100 Å². The molecule has 214 valence electrons. The maximum absolute atomic E-state index is 14.0. The highest BCUT2D eigenvalue weighted by Crippen LogP contribution is 2.25. The molecule has 1 N–H and O–H groups in total. The molecule has 3 aromatic carbocycles. The fourth-order valence-corrected chi connectivity index (χ4v) is 5.25. The van der Waals surface area contributed by atoms with Crippen LogP contribution in [0.15, 0.2) is 72.8 Å². The van der Waals surface area contributed by atoms with E-state index in [1.165, 1.54) is 11.0 Å². The number of hydrogen-bond acceptors (Lipinski definition) is 4. The predicted octanol–water partition coefficient (Wildman–Crippen LogP) is 4.97. The van der Waals surface area contributed by atoms with Gasteiger partial charge in [-0.15, -0.1) is 0 Å².